The highest BCUT2D eigenvalue weighted by Gasteiger charge is 2.39. The molecular weight excluding hydrogens is 715 g/mol. The Labute approximate surface area is 324 Å². The van der Waals surface area contributed by atoms with Crippen LogP contribution in [0.1, 0.15) is 77.1 Å². The van der Waals surface area contributed by atoms with Crippen LogP contribution in [0.2, 0.25) is 0 Å². The van der Waals surface area contributed by atoms with Crippen molar-refractivity contribution in [3.8, 4) is 22.5 Å². The summed E-state index contributed by atoms with van der Waals surface area (Å²) >= 11 is 0. The monoisotopic (exact) mass is 763 g/mol. The summed E-state index contributed by atoms with van der Waals surface area (Å²) in [6.45, 7) is 8.75. The van der Waals surface area contributed by atoms with Crippen molar-refractivity contribution in [3.05, 3.63) is 66.5 Å². The number of H-pyrrole nitrogens is 2. The third-order valence-corrected chi connectivity index (χ3v) is 10.9. The first-order valence-corrected chi connectivity index (χ1v) is 19.2. The lowest BCUT2D eigenvalue weighted by atomic mass is 10.0. The molecule has 0 saturated carbocycles. The van der Waals surface area contributed by atoms with E-state index in [4.69, 9.17) is 24.4 Å². The van der Waals surface area contributed by atoms with Gasteiger partial charge in [0, 0.05) is 35.0 Å². The third-order valence-electron chi connectivity index (χ3n) is 10.9. The fraction of sp³-hybridized carbons (Fsp3) is 0.439. The molecule has 56 heavy (non-hydrogen) atoms. The average molecular weight is 764 g/mol. The Morgan fingerprint density at radius 2 is 1.18 bits per heavy atom. The summed E-state index contributed by atoms with van der Waals surface area (Å²) in [5.74, 6) is 0.883. The minimum atomic E-state index is -0.700. The summed E-state index contributed by atoms with van der Waals surface area (Å²) in [7, 11) is 2.57. The van der Waals surface area contributed by atoms with Crippen LogP contribution in [0.25, 0.3) is 44.3 Å². The number of nitrogens with zero attached hydrogens (tertiary/aromatic N) is 5. The number of hydrogen-bond donors (Lipinski definition) is 4. The van der Waals surface area contributed by atoms with E-state index in [1.54, 1.807) is 22.2 Å². The molecule has 3 aromatic heterocycles. The number of aromatic nitrogens is 5. The van der Waals surface area contributed by atoms with Crippen LogP contribution in [0, 0.1) is 11.8 Å². The van der Waals surface area contributed by atoms with Gasteiger partial charge in [0.1, 0.15) is 23.7 Å². The zero-order valence-electron chi connectivity index (χ0n) is 32.6. The number of hydrogen-bond acceptors (Lipinski definition) is 9. The maximum Gasteiger partial charge on any atom is 0.407 e. The number of imidazole rings is 2. The van der Waals surface area contributed by atoms with Gasteiger partial charge in [0.15, 0.2) is 0 Å². The van der Waals surface area contributed by atoms with Crippen molar-refractivity contribution in [2.75, 3.05) is 27.3 Å². The molecule has 2 saturated heterocycles. The first kappa shape index (κ1) is 38.3. The second-order valence-corrected chi connectivity index (χ2v) is 15.3. The van der Waals surface area contributed by atoms with E-state index in [1.165, 1.54) is 14.2 Å². The Kier molecular flexibility index (Phi) is 10.9. The number of rotatable bonds is 10. The highest BCUT2D eigenvalue weighted by molar-refractivity contribution is 5.96. The van der Waals surface area contributed by atoms with E-state index >= 15 is 0 Å². The van der Waals surface area contributed by atoms with Crippen molar-refractivity contribution in [1.29, 1.82) is 0 Å². The van der Waals surface area contributed by atoms with Crippen molar-refractivity contribution in [2.45, 2.75) is 77.5 Å². The van der Waals surface area contributed by atoms with Gasteiger partial charge in [0.25, 0.3) is 0 Å². The van der Waals surface area contributed by atoms with Crippen molar-refractivity contribution in [2.24, 2.45) is 11.8 Å². The second-order valence-electron chi connectivity index (χ2n) is 15.3. The number of benzene rings is 2. The van der Waals surface area contributed by atoms with Gasteiger partial charge in [-0.3, -0.25) is 9.59 Å². The molecule has 5 heterocycles. The van der Waals surface area contributed by atoms with E-state index in [0.717, 1.165) is 70.0 Å². The summed E-state index contributed by atoms with van der Waals surface area (Å²) in [5, 5.41) is 7.35. The minimum absolute atomic E-state index is 0.114. The normalized spacial score (nSPS) is 18.1. The predicted molar refractivity (Wildman–Crippen MR) is 210 cm³/mol. The van der Waals surface area contributed by atoms with Crippen molar-refractivity contribution < 1.29 is 28.7 Å². The van der Waals surface area contributed by atoms with Gasteiger partial charge in [-0.1, -0.05) is 45.9 Å². The topological polar surface area (TPSA) is 188 Å². The molecular formula is C41H49N9O6. The highest BCUT2D eigenvalue weighted by atomic mass is 16.5. The molecule has 1 unspecified atom stereocenters. The molecule has 15 nitrogen and oxygen atoms in total. The molecule has 294 valence electrons. The molecule has 0 aliphatic carbocycles. The van der Waals surface area contributed by atoms with Crippen molar-refractivity contribution >= 4 is 45.8 Å². The quantitative estimate of drug-likeness (QED) is 0.119. The molecule has 0 spiro atoms. The fourth-order valence-electron chi connectivity index (χ4n) is 7.86. The van der Waals surface area contributed by atoms with Gasteiger partial charge < -0.3 is 39.9 Å². The smallest absolute Gasteiger partial charge is 0.407 e. The molecule has 4 atom stereocenters. The average Bonchev–Trinajstić information content (AvgIpc) is 4.03. The Bertz CT molecular complexity index is 2110. The number of likely N-dealkylation sites (tertiary alicyclic amines) is 2. The summed E-state index contributed by atoms with van der Waals surface area (Å²) in [4.78, 5) is 76.0. The number of ether oxygens (including phenoxy) is 2. The molecule has 4 amide bonds. The van der Waals surface area contributed by atoms with E-state index in [-0.39, 0.29) is 35.7 Å². The Morgan fingerprint density at radius 3 is 1.68 bits per heavy atom. The van der Waals surface area contributed by atoms with Gasteiger partial charge in [-0.05, 0) is 61.8 Å². The number of pyridine rings is 1. The van der Waals surface area contributed by atoms with Crippen LogP contribution in [-0.4, -0.2) is 98.1 Å². The number of methoxy groups -OCH3 is 2. The maximum absolute atomic E-state index is 13.6. The van der Waals surface area contributed by atoms with Gasteiger partial charge in [-0.25, -0.2) is 24.5 Å². The van der Waals surface area contributed by atoms with Crippen molar-refractivity contribution in [1.82, 2.24) is 45.4 Å². The first-order chi connectivity index (χ1) is 26.9. The lowest BCUT2D eigenvalue weighted by molar-refractivity contribution is -0.136. The van der Waals surface area contributed by atoms with Crippen LogP contribution in [0.5, 0.6) is 0 Å². The van der Waals surface area contributed by atoms with Crippen LogP contribution < -0.4 is 10.6 Å². The molecule has 4 N–H and O–H groups in total. The van der Waals surface area contributed by atoms with Gasteiger partial charge in [0.05, 0.1) is 61.1 Å². The second kappa shape index (κ2) is 16.0. The van der Waals surface area contributed by atoms with Gasteiger partial charge in [-0.2, -0.15) is 0 Å². The summed E-state index contributed by atoms with van der Waals surface area (Å²) in [5.41, 5.74) is 5.21. The van der Waals surface area contributed by atoms with Crippen LogP contribution in [0.4, 0.5) is 9.59 Å². The lowest BCUT2D eigenvalue weighted by Gasteiger charge is -2.30. The molecule has 7 rings (SSSR count). The molecule has 5 aromatic rings. The molecule has 15 heteroatoms. The number of carbonyl (C=O) groups is 4. The number of alkyl carbamates (subject to hydrolysis) is 2. The number of amides is 4. The lowest BCUT2D eigenvalue weighted by Crippen LogP contribution is -2.51. The van der Waals surface area contributed by atoms with Crippen LogP contribution in [0.3, 0.4) is 0 Å². The number of nitrogens with one attached hydrogen (secondary N) is 4. The van der Waals surface area contributed by atoms with Crippen LogP contribution >= 0.6 is 0 Å². The molecule has 2 aliphatic rings. The Balaban J connectivity index is 1.08. The number of fused-ring (bicyclic) bond motifs is 2. The summed E-state index contributed by atoms with van der Waals surface area (Å²) in [6, 6.07) is 12.5. The van der Waals surface area contributed by atoms with Crippen LogP contribution in [0.15, 0.2) is 54.9 Å². The third kappa shape index (κ3) is 7.62. The molecule has 2 aliphatic heterocycles. The number of carbonyl (C=O) groups excluding carboxylic acids is 4. The zero-order valence-corrected chi connectivity index (χ0v) is 32.6. The Morgan fingerprint density at radius 1 is 0.679 bits per heavy atom. The Hall–Kier alpha value is -5.99. The minimum Gasteiger partial charge on any atom is -0.453 e. The molecule has 0 radical (unpaired) electrons. The van der Waals surface area contributed by atoms with Gasteiger partial charge in [0.2, 0.25) is 11.8 Å². The van der Waals surface area contributed by atoms with Gasteiger partial charge >= 0.3 is 12.2 Å². The predicted octanol–water partition coefficient (Wildman–Crippen LogP) is 6.26. The zero-order chi connectivity index (χ0) is 39.7. The molecule has 2 fully saturated rings. The SMILES string of the molecule is COC(=O)NC(C(=O)N1CCC[C@H]1c1ncc(-c2ccc3cc4cc(-c5cnc([C@@H]6CCCN6C(=O)[C@@H](NC(=O)OC)C(C)C)[nH]5)ccc4nc3c2)[nH]1)C(C)C. The summed E-state index contributed by atoms with van der Waals surface area (Å²) < 4.78 is 9.53. The van der Waals surface area contributed by atoms with Gasteiger partial charge in [-0.15, -0.1) is 0 Å². The largest absolute Gasteiger partial charge is 0.453 e. The first-order valence-electron chi connectivity index (χ1n) is 19.2. The van der Waals surface area contributed by atoms with E-state index in [9.17, 15) is 19.2 Å². The standard InChI is InChI=1S/C41H49N9O6/c1-22(2)34(47-40(53)55-5)38(51)49-15-7-9-32(49)36-42-20-30(45-36)25-13-14-28-27(18-25)17-24-11-12-26(19-29(24)44-28)31-21-43-37(46-31)33-10-8-16-50(33)39(52)35(23(3)4)48-41(54)56-6/h11-14,17-23,32-35H,7-10,15-16H2,1-6H3,(H,42,45)(H,43,46)(H,47,53)(H,48,54)/t32-,33-,34-,35?/m0/s1. The number of aromatic amines is 2. The van der Waals surface area contributed by atoms with Crippen molar-refractivity contribution in [3.63, 3.8) is 0 Å². The highest BCUT2D eigenvalue weighted by Crippen LogP contribution is 2.35. The molecule has 2 aromatic carbocycles. The van der Waals surface area contributed by atoms with Crippen LogP contribution in [-0.2, 0) is 19.1 Å². The van der Waals surface area contributed by atoms with E-state index in [2.05, 4.69) is 32.7 Å². The summed E-state index contributed by atoms with van der Waals surface area (Å²) in [6.07, 6.45) is 5.54. The fourth-order valence-corrected chi connectivity index (χ4v) is 7.86. The van der Waals surface area contributed by atoms with E-state index in [1.807, 2.05) is 58.0 Å². The maximum atomic E-state index is 13.6. The molecule has 0 bridgehead atoms. The van der Waals surface area contributed by atoms with E-state index in [0.29, 0.717) is 24.7 Å². The van der Waals surface area contributed by atoms with E-state index < -0.39 is 24.3 Å².